The van der Waals surface area contributed by atoms with Gasteiger partial charge in [-0.25, -0.2) is 0 Å². The first-order valence-corrected chi connectivity index (χ1v) is 7.48. The van der Waals surface area contributed by atoms with Crippen LogP contribution in [0.4, 0.5) is 0 Å². The SMILES string of the molecule is NCCc1cccc(Cl)c1OCC(=O)N1CCCCC1. The molecule has 1 aliphatic rings. The minimum Gasteiger partial charge on any atom is -0.482 e. The van der Waals surface area contributed by atoms with Crippen molar-refractivity contribution >= 4 is 17.5 Å². The fourth-order valence-corrected chi connectivity index (χ4v) is 2.68. The second-order valence-corrected chi connectivity index (χ2v) is 5.40. The van der Waals surface area contributed by atoms with Crippen LogP contribution in [-0.4, -0.2) is 37.0 Å². The Hall–Kier alpha value is -1.26. The number of ether oxygens (including phenoxy) is 1. The topological polar surface area (TPSA) is 55.6 Å². The molecule has 1 amide bonds. The van der Waals surface area contributed by atoms with Gasteiger partial charge in [0.15, 0.2) is 6.61 Å². The van der Waals surface area contributed by atoms with E-state index in [9.17, 15) is 4.79 Å². The van der Waals surface area contributed by atoms with Crippen molar-refractivity contribution < 1.29 is 9.53 Å². The Bertz CT molecular complexity index is 459. The lowest BCUT2D eigenvalue weighted by Gasteiger charge is -2.26. The molecular formula is C15H21ClN2O2. The first-order chi connectivity index (χ1) is 9.72. The van der Waals surface area contributed by atoms with Crippen molar-refractivity contribution in [2.24, 2.45) is 5.73 Å². The van der Waals surface area contributed by atoms with E-state index in [2.05, 4.69) is 0 Å². The summed E-state index contributed by atoms with van der Waals surface area (Å²) in [6.45, 7) is 2.23. The summed E-state index contributed by atoms with van der Waals surface area (Å²) < 4.78 is 5.66. The molecule has 110 valence electrons. The molecule has 1 aromatic rings. The molecule has 20 heavy (non-hydrogen) atoms. The maximum Gasteiger partial charge on any atom is 0.260 e. The summed E-state index contributed by atoms with van der Waals surface area (Å²) in [4.78, 5) is 13.9. The van der Waals surface area contributed by atoms with Gasteiger partial charge in [0.05, 0.1) is 5.02 Å². The summed E-state index contributed by atoms with van der Waals surface area (Å²) in [5.41, 5.74) is 6.53. The first-order valence-electron chi connectivity index (χ1n) is 7.10. The number of rotatable bonds is 5. The molecule has 2 N–H and O–H groups in total. The number of nitrogens with zero attached hydrogens (tertiary/aromatic N) is 1. The van der Waals surface area contributed by atoms with Crippen LogP contribution < -0.4 is 10.5 Å². The number of benzene rings is 1. The van der Waals surface area contributed by atoms with Crippen LogP contribution in [0.25, 0.3) is 0 Å². The zero-order chi connectivity index (χ0) is 14.4. The fourth-order valence-electron chi connectivity index (χ4n) is 2.44. The van der Waals surface area contributed by atoms with Crippen LogP contribution in [0.1, 0.15) is 24.8 Å². The molecule has 1 aliphatic heterocycles. The Kier molecular flexibility index (Phi) is 5.68. The van der Waals surface area contributed by atoms with E-state index < -0.39 is 0 Å². The highest BCUT2D eigenvalue weighted by Crippen LogP contribution is 2.29. The molecule has 0 atom stereocenters. The Balaban J connectivity index is 1.97. The lowest BCUT2D eigenvalue weighted by Crippen LogP contribution is -2.38. The molecule has 0 spiro atoms. The van der Waals surface area contributed by atoms with Crippen LogP contribution in [-0.2, 0) is 11.2 Å². The monoisotopic (exact) mass is 296 g/mol. The zero-order valence-corrected chi connectivity index (χ0v) is 12.4. The summed E-state index contributed by atoms with van der Waals surface area (Å²) in [6.07, 6.45) is 4.05. The van der Waals surface area contributed by atoms with Crippen LogP contribution in [0.15, 0.2) is 18.2 Å². The van der Waals surface area contributed by atoms with Gasteiger partial charge in [0.1, 0.15) is 5.75 Å². The van der Waals surface area contributed by atoms with Gasteiger partial charge in [0.2, 0.25) is 0 Å². The highest BCUT2D eigenvalue weighted by atomic mass is 35.5. The highest BCUT2D eigenvalue weighted by molar-refractivity contribution is 6.32. The van der Waals surface area contributed by atoms with Gasteiger partial charge < -0.3 is 15.4 Å². The van der Waals surface area contributed by atoms with Crippen LogP contribution in [0, 0.1) is 0 Å². The predicted molar refractivity (Wildman–Crippen MR) is 80.1 cm³/mol. The third kappa shape index (κ3) is 3.87. The maximum atomic E-state index is 12.1. The molecule has 1 saturated heterocycles. The summed E-state index contributed by atoms with van der Waals surface area (Å²) in [7, 11) is 0. The summed E-state index contributed by atoms with van der Waals surface area (Å²) in [5.74, 6) is 0.619. The van der Waals surface area contributed by atoms with Crippen molar-refractivity contribution in [1.82, 2.24) is 4.90 Å². The molecule has 5 heteroatoms. The number of nitrogens with two attached hydrogens (primary N) is 1. The van der Waals surface area contributed by atoms with Crippen LogP contribution in [0.3, 0.4) is 0 Å². The normalized spacial score (nSPS) is 15.2. The summed E-state index contributed by atoms with van der Waals surface area (Å²) in [6, 6.07) is 5.56. The van der Waals surface area contributed by atoms with Crippen LogP contribution in [0.5, 0.6) is 5.75 Å². The first kappa shape index (κ1) is 15.1. The van der Waals surface area contributed by atoms with Crippen molar-refractivity contribution in [2.75, 3.05) is 26.2 Å². The summed E-state index contributed by atoms with van der Waals surface area (Å²) >= 11 is 6.14. The molecule has 4 nitrogen and oxygen atoms in total. The zero-order valence-electron chi connectivity index (χ0n) is 11.6. The van der Waals surface area contributed by atoms with Crippen molar-refractivity contribution in [1.29, 1.82) is 0 Å². The van der Waals surface area contributed by atoms with Gasteiger partial charge in [0, 0.05) is 13.1 Å². The van der Waals surface area contributed by atoms with Gasteiger partial charge in [-0.3, -0.25) is 4.79 Å². The van der Waals surface area contributed by atoms with Gasteiger partial charge in [-0.15, -0.1) is 0 Å². The molecule has 0 radical (unpaired) electrons. The van der Waals surface area contributed by atoms with Gasteiger partial charge in [0.25, 0.3) is 5.91 Å². The van der Waals surface area contributed by atoms with Crippen molar-refractivity contribution in [3.63, 3.8) is 0 Å². The number of hydrogen-bond donors (Lipinski definition) is 1. The molecule has 2 rings (SSSR count). The van der Waals surface area contributed by atoms with E-state index in [-0.39, 0.29) is 12.5 Å². The van der Waals surface area contributed by atoms with E-state index >= 15 is 0 Å². The second kappa shape index (κ2) is 7.50. The van der Waals surface area contributed by atoms with Crippen molar-refractivity contribution in [3.05, 3.63) is 28.8 Å². The average molecular weight is 297 g/mol. The third-order valence-electron chi connectivity index (χ3n) is 3.51. The molecule has 1 fully saturated rings. The minimum atomic E-state index is 0.0309. The van der Waals surface area contributed by atoms with E-state index in [1.54, 1.807) is 6.07 Å². The number of hydrogen-bond acceptors (Lipinski definition) is 3. The lowest BCUT2D eigenvalue weighted by atomic mass is 10.1. The smallest absolute Gasteiger partial charge is 0.260 e. The number of amides is 1. The summed E-state index contributed by atoms with van der Waals surface area (Å²) in [5, 5.41) is 0.530. The Morgan fingerprint density at radius 1 is 1.30 bits per heavy atom. The highest BCUT2D eigenvalue weighted by Gasteiger charge is 2.18. The van der Waals surface area contributed by atoms with Crippen LogP contribution >= 0.6 is 11.6 Å². The molecule has 0 aromatic heterocycles. The van der Waals surface area contributed by atoms with E-state index in [1.807, 2.05) is 17.0 Å². The third-order valence-corrected chi connectivity index (χ3v) is 3.81. The van der Waals surface area contributed by atoms with Gasteiger partial charge in [-0.2, -0.15) is 0 Å². The standard InChI is InChI=1S/C15H21ClN2O2/c16-13-6-4-5-12(7-8-17)15(13)20-11-14(19)18-9-2-1-3-10-18/h4-6H,1-3,7-11,17H2. The fraction of sp³-hybridized carbons (Fsp3) is 0.533. The molecule has 0 aliphatic carbocycles. The van der Waals surface area contributed by atoms with E-state index in [4.69, 9.17) is 22.1 Å². The Morgan fingerprint density at radius 3 is 2.75 bits per heavy atom. The molecule has 0 bridgehead atoms. The number of carbonyl (C=O) groups is 1. The van der Waals surface area contributed by atoms with Gasteiger partial charge >= 0.3 is 0 Å². The van der Waals surface area contributed by atoms with Crippen molar-refractivity contribution in [3.8, 4) is 5.75 Å². The van der Waals surface area contributed by atoms with E-state index in [0.29, 0.717) is 23.7 Å². The number of halogens is 1. The number of piperidine rings is 1. The molecule has 0 unspecified atom stereocenters. The molecule has 1 aromatic carbocycles. The second-order valence-electron chi connectivity index (χ2n) is 5.00. The maximum absolute atomic E-state index is 12.1. The molecule has 1 heterocycles. The minimum absolute atomic E-state index is 0.0309. The van der Waals surface area contributed by atoms with Gasteiger partial charge in [-0.05, 0) is 43.9 Å². The number of para-hydroxylation sites is 1. The predicted octanol–water partition coefficient (Wildman–Crippen LogP) is 2.23. The number of likely N-dealkylation sites (tertiary alicyclic amines) is 1. The Labute approximate surface area is 124 Å². The van der Waals surface area contributed by atoms with Crippen LogP contribution in [0.2, 0.25) is 5.02 Å². The van der Waals surface area contributed by atoms with Crippen molar-refractivity contribution in [2.45, 2.75) is 25.7 Å². The average Bonchev–Trinajstić information content (AvgIpc) is 2.47. The molecular weight excluding hydrogens is 276 g/mol. The van der Waals surface area contributed by atoms with E-state index in [1.165, 1.54) is 6.42 Å². The quantitative estimate of drug-likeness (QED) is 0.906. The van der Waals surface area contributed by atoms with Gasteiger partial charge in [-0.1, -0.05) is 23.7 Å². The molecule has 0 saturated carbocycles. The lowest BCUT2D eigenvalue weighted by molar-refractivity contribution is -0.134. The number of carbonyl (C=O) groups excluding carboxylic acids is 1. The van der Waals surface area contributed by atoms with E-state index in [0.717, 1.165) is 31.5 Å². The Morgan fingerprint density at radius 2 is 2.05 bits per heavy atom. The largest absolute Gasteiger partial charge is 0.482 e.